The number of carbonyl (C=O) groups is 1. The first-order valence-electron chi connectivity index (χ1n) is 9.19. The van der Waals surface area contributed by atoms with Crippen LogP contribution in [-0.2, 0) is 17.8 Å². The SMILES string of the molecule is CC(NCC(N)CCc1ccccc1)C(=O)NCc1ccc(C(=N)N)cc1.Cl.Cl. The molecule has 6 nitrogen and oxygen atoms in total. The molecule has 0 aliphatic heterocycles. The highest BCUT2D eigenvalue weighted by Crippen LogP contribution is 2.05. The number of aryl methyl sites for hydroxylation is 1. The Kier molecular flexibility index (Phi) is 12.9. The van der Waals surface area contributed by atoms with E-state index in [2.05, 4.69) is 22.8 Å². The van der Waals surface area contributed by atoms with Crippen LogP contribution in [0.1, 0.15) is 30.0 Å². The Labute approximate surface area is 185 Å². The van der Waals surface area contributed by atoms with Crippen LogP contribution in [0.3, 0.4) is 0 Å². The molecule has 2 rings (SSSR count). The quantitative estimate of drug-likeness (QED) is 0.288. The summed E-state index contributed by atoms with van der Waals surface area (Å²) < 4.78 is 0. The average molecular weight is 440 g/mol. The van der Waals surface area contributed by atoms with Crippen LogP contribution < -0.4 is 22.1 Å². The fraction of sp³-hybridized carbons (Fsp3) is 0.333. The Balaban J connectivity index is 0.00000392. The Morgan fingerprint density at radius 3 is 2.24 bits per heavy atom. The van der Waals surface area contributed by atoms with Crippen LogP contribution in [0.4, 0.5) is 0 Å². The van der Waals surface area contributed by atoms with Crippen molar-refractivity contribution in [2.45, 2.75) is 38.4 Å². The van der Waals surface area contributed by atoms with Gasteiger partial charge in [-0.05, 0) is 30.9 Å². The van der Waals surface area contributed by atoms with Crippen LogP contribution in [0.2, 0.25) is 0 Å². The summed E-state index contributed by atoms with van der Waals surface area (Å²) >= 11 is 0. The highest BCUT2D eigenvalue weighted by Gasteiger charge is 2.13. The predicted octanol–water partition coefficient (Wildman–Crippen LogP) is 2.37. The summed E-state index contributed by atoms with van der Waals surface area (Å²) in [5.74, 6) is -0.0343. The third-order valence-corrected chi connectivity index (χ3v) is 4.46. The van der Waals surface area contributed by atoms with Crippen LogP contribution >= 0.6 is 24.8 Å². The molecule has 0 aliphatic rings. The van der Waals surface area contributed by atoms with Crippen molar-refractivity contribution < 1.29 is 4.79 Å². The number of carbonyl (C=O) groups excluding carboxylic acids is 1. The molecule has 0 bridgehead atoms. The van der Waals surface area contributed by atoms with Gasteiger partial charge >= 0.3 is 0 Å². The lowest BCUT2D eigenvalue weighted by molar-refractivity contribution is -0.122. The number of amidine groups is 1. The topological polar surface area (TPSA) is 117 Å². The molecule has 2 atom stereocenters. The first-order chi connectivity index (χ1) is 13.0. The van der Waals surface area contributed by atoms with Crippen molar-refractivity contribution in [1.82, 2.24) is 10.6 Å². The summed E-state index contributed by atoms with van der Waals surface area (Å²) in [5, 5.41) is 13.5. The van der Waals surface area contributed by atoms with Gasteiger partial charge in [-0.2, -0.15) is 0 Å². The molecule has 0 radical (unpaired) electrons. The zero-order valence-corrected chi connectivity index (χ0v) is 18.2. The third kappa shape index (κ3) is 9.76. The lowest BCUT2D eigenvalue weighted by atomic mass is 10.1. The van der Waals surface area contributed by atoms with Gasteiger partial charge in [0.05, 0.1) is 6.04 Å². The summed E-state index contributed by atoms with van der Waals surface area (Å²) in [6.45, 7) is 2.86. The molecule has 2 aromatic rings. The molecular weight excluding hydrogens is 409 g/mol. The van der Waals surface area contributed by atoms with Gasteiger partial charge in [0, 0.05) is 24.7 Å². The number of amides is 1. The highest BCUT2D eigenvalue weighted by molar-refractivity contribution is 5.94. The molecule has 0 aliphatic carbocycles. The van der Waals surface area contributed by atoms with Gasteiger partial charge in [-0.15, -0.1) is 24.8 Å². The van der Waals surface area contributed by atoms with E-state index in [4.69, 9.17) is 16.9 Å². The van der Waals surface area contributed by atoms with E-state index in [0.29, 0.717) is 18.7 Å². The van der Waals surface area contributed by atoms with Crippen LogP contribution in [0, 0.1) is 5.41 Å². The second kappa shape index (κ2) is 14.0. The van der Waals surface area contributed by atoms with E-state index in [9.17, 15) is 4.79 Å². The number of nitrogens with one attached hydrogen (secondary N) is 3. The van der Waals surface area contributed by atoms with Crippen molar-refractivity contribution in [1.29, 1.82) is 5.41 Å². The molecule has 0 saturated carbocycles. The number of hydrogen-bond donors (Lipinski definition) is 5. The summed E-state index contributed by atoms with van der Waals surface area (Å²) in [7, 11) is 0. The van der Waals surface area contributed by atoms with E-state index in [1.165, 1.54) is 5.56 Å². The molecule has 2 unspecified atom stereocenters. The van der Waals surface area contributed by atoms with Gasteiger partial charge in [-0.25, -0.2) is 0 Å². The molecule has 7 N–H and O–H groups in total. The minimum atomic E-state index is -0.315. The molecule has 0 saturated heterocycles. The third-order valence-electron chi connectivity index (χ3n) is 4.46. The maximum Gasteiger partial charge on any atom is 0.237 e. The van der Waals surface area contributed by atoms with Gasteiger partial charge in [0.2, 0.25) is 5.91 Å². The van der Waals surface area contributed by atoms with Gasteiger partial charge in [0.1, 0.15) is 5.84 Å². The molecule has 1 amide bonds. The van der Waals surface area contributed by atoms with Crippen LogP contribution in [-0.4, -0.2) is 30.4 Å². The predicted molar refractivity (Wildman–Crippen MR) is 124 cm³/mol. The molecule has 0 fully saturated rings. The van der Waals surface area contributed by atoms with Gasteiger partial charge < -0.3 is 22.1 Å². The van der Waals surface area contributed by atoms with Crippen molar-refractivity contribution >= 4 is 36.6 Å². The number of rotatable bonds is 10. The first-order valence-corrected chi connectivity index (χ1v) is 9.19. The number of hydrogen-bond acceptors (Lipinski definition) is 4. The maximum absolute atomic E-state index is 12.2. The molecule has 8 heteroatoms. The zero-order valence-electron chi connectivity index (χ0n) is 16.6. The monoisotopic (exact) mass is 439 g/mol. The molecule has 0 aromatic heterocycles. The normalized spacial score (nSPS) is 12.1. The molecule has 160 valence electrons. The van der Waals surface area contributed by atoms with E-state index >= 15 is 0 Å². The zero-order chi connectivity index (χ0) is 19.6. The summed E-state index contributed by atoms with van der Waals surface area (Å²) in [6.07, 6.45) is 1.80. The number of halogens is 2. The van der Waals surface area contributed by atoms with Crippen LogP contribution in [0.5, 0.6) is 0 Å². The van der Waals surface area contributed by atoms with E-state index in [1.807, 2.05) is 37.3 Å². The van der Waals surface area contributed by atoms with Gasteiger partial charge in [0.25, 0.3) is 0 Å². The Hall–Kier alpha value is -2.12. The van der Waals surface area contributed by atoms with Gasteiger partial charge in [-0.3, -0.25) is 10.2 Å². The fourth-order valence-corrected chi connectivity index (χ4v) is 2.66. The number of nitrogens with two attached hydrogens (primary N) is 2. The second-order valence-corrected chi connectivity index (χ2v) is 6.74. The van der Waals surface area contributed by atoms with E-state index in [-0.39, 0.29) is 48.6 Å². The lowest BCUT2D eigenvalue weighted by Crippen LogP contribution is -2.46. The Morgan fingerprint density at radius 2 is 1.66 bits per heavy atom. The molecular formula is C21H31Cl2N5O. The standard InChI is InChI=1S/C21H29N5O.2ClH/c1-15(25-14-19(22)12-9-16-5-3-2-4-6-16)21(27)26-13-17-7-10-18(11-8-17)20(23)24;;/h2-8,10-11,15,19,25H,9,12-14,22H2,1H3,(H3,23,24)(H,26,27);2*1H. The van der Waals surface area contributed by atoms with Crippen molar-refractivity contribution in [3.63, 3.8) is 0 Å². The largest absolute Gasteiger partial charge is 0.384 e. The molecule has 0 spiro atoms. The van der Waals surface area contributed by atoms with Gasteiger partial charge in [0.15, 0.2) is 0 Å². The van der Waals surface area contributed by atoms with E-state index in [1.54, 1.807) is 12.1 Å². The van der Waals surface area contributed by atoms with Crippen LogP contribution in [0.15, 0.2) is 54.6 Å². The lowest BCUT2D eigenvalue weighted by Gasteiger charge is -2.18. The van der Waals surface area contributed by atoms with Crippen molar-refractivity contribution in [2.75, 3.05) is 6.54 Å². The van der Waals surface area contributed by atoms with E-state index < -0.39 is 0 Å². The fourth-order valence-electron chi connectivity index (χ4n) is 2.66. The molecule has 2 aromatic carbocycles. The Morgan fingerprint density at radius 1 is 1.03 bits per heavy atom. The first kappa shape index (κ1) is 26.9. The summed E-state index contributed by atoms with van der Waals surface area (Å²) in [6, 6.07) is 17.2. The summed E-state index contributed by atoms with van der Waals surface area (Å²) in [4.78, 5) is 12.2. The smallest absolute Gasteiger partial charge is 0.237 e. The summed E-state index contributed by atoms with van der Waals surface area (Å²) in [5.41, 5.74) is 14.5. The highest BCUT2D eigenvalue weighted by atomic mass is 35.5. The molecule has 0 heterocycles. The van der Waals surface area contributed by atoms with E-state index in [0.717, 1.165) is 18.4 Å². The second-order valence-electron chi connectivity index (χ2n) is 6.74. The molecule has 29 heavy (non-hydrogen) atoms. The minimum Gasteiger partial charge on any atom is -0.384 e. The number of nitrogen functional groups attached to an aromatic ring is 1. The average Bonchev–Trinajstić information content (AvgIpc) is 2.69. The maximum atomic E-state index is 12.2. The minimum absolute atomic E-state index is 0. The number of benzene rings is 2. The Bertz CT molecular complexity index is 740. The van der Waals surface area contributed by atoms with Crippen molar-refractivity contribution in [2.24, 2.45) is 11.5 Å². The van der Waals surface area contributed by atoms with Crippen LogP contribution in [0.25, 0.3) is 0 Å². The van der Waals surface area contributed by atoms with Gasteiger partial charge in [-0.1, -0.05) is 54.6 Å². The van der Waals surface area contributed by atoms with Crippen molar-refractivity contribution in [3.8, 4) is 0 Å². The van der Waals surface area contributed by atoms with Crippen molar-refractivity contribution in [3.05, 3.63) is 71.3 Å².